The summed E-state index contributed by atoms with van der Waals surface area (Å²) in [7, 11) is -1.29. The summed E-state index contributed by atoms with van der Waals surface area (Å²) < 4.78 is 6.06. The van der Waals surface area contributed by atoms with Crippen LogP contribution >= 0.6 is 0 Å². The maximum Gasteiger partial charge on any atom is 0.336 e. The molecule has 0 atom stereocenters. The molecule has 1 N–H and O–H groups in total. The summed E-state index contributed by atoms with van der Waals surface area (Å²) >= 11 is 0. The fourth-order valence-electron chi connectivity index (χ4n) is 4.90. The Morgan fingerprint density at radius 3 is 2.09 bits per heavy atom. The smallest absolute Gasteiger partial charge is 0.336 e. The van der Waals surface area contributed by atoms with Crippen molar-refractivity contribution in [1.82, 2.24) is 0 Å². The van der Waals surface area contributed by atoms with Crippen molar-refractivity contribution in [1.29, 1.82) is 0 Å². The zero-order valence-corrected chi connectivity index (χ0v) is 22.5. The van der Waals surface area contributed by atoms with Crippen LogP contribution in [0.4, 0.5) is 0 Å². The Bertz CT molecular complexity index is 1010. The van der Waals surface area contributed by atoms with Crippen LogP contribution in [-0.2, 0) is 27.3 Å². The van der Waals surface area contributed by atoms with Gasteiger partial charge in [0.15, 0.2) is 9.04 Å². The van der Waals surface area contributed by atoms with Crippen LogP contribution in [0.15, 0.2) is 30.3 Å². The fraction of sp³-hybridized carbons (Fsp3) is 0.536. The third-order valence-corrected chi connectivity index (χ3v) is 7.85. The molecule has 3 nitrogen and oxygen atoms in total. The van der Waals surface area contributed by atoms with Gasteiger partial charge in [0.1, 0.15) is 0 Å². The highest BCUT2D eigenvalue weighted by Crippen LogP contribution is 2.51. The van der Waals surface area contributed by atoms with Crippen LogP contribution in [0.1, 0.15) is 93.9 Å². The van der Waals surface area contributed by atoms with Gasteiger partial charge in [0, 0.05) is 5.56 Å². The van der Waals surface area contributed by atoms with Gasteiger partial charge in [0.2, 0.25) is 0 Å². The molecule has 0 heterocycles. The second-order valence-electron chi connectivity index (χ2n) is 12.0. The molecule has 0 amide bonds. The van der Waals surface area contributed by atoms with E-state index < -0.39 is 15.0 Å². The number of aromatic carboxylic acids is 1. The molecule has 4 heteroatoms. The van der Waals surface area contributed by atoms with Crippen LogP contribution in [0.25, 0.3) is 11.1 Å². The van der Waals surface area contributed by atoms with Gasteiger partial charge in [-0.25, -0.2) is 4.79 Å². The van der Waals surface area contributed by atoms with E-state index in [0.717, 1.165) is 29.5 Å². The third kappa shape index (κ3) is 4.72. The number of fused-ring (bicyclic) bond motifs is 1. The number of carboxylic acids is 1. The van der Waals surface area contributed by atoms with E-state index in [1.807, 2.05) is 0 Å². The first-order chi connectivity index (χ1) is 14.6. The van der Waals surface area contributed by atoms with Gasteiger partial charge in [-0.15, -0.1) is 0 Å². The van der Waals surface area contributed by atoms with Gasteiger partial charge in [0.05, 0.1) is 12.2 Å². The van der Waals surface area contributed by atoms with Gasteiger partial charge in [0.25, 0.3) is 0 Å². The molecule has 2 aromatic carbocycles. The molecule has 0 aliphatic heterocycles. The summed E-state index contributed by atoms with van der Waals surface area (Å²) in [6.45, 7) is 20.3. The summed E-state index contributed by atoms with van der Waals surface area (Å²) in [6, 6.07) is 10.7. The maximum absolute atomic E-state index is 12.7. The second-order valence-corrected chi connectivity index (χ2v) is 14.4. The van der Waals surface area contributed by atoms with Crippen molar-refractivity contribution >= 4 is 15.0 Å². The van der Waals surface area contributed by atoms with Crippen molar-refractivity contribution in [2.45, 2.75) is 97.3 Å². The Morgan fingerprint density at radius 1 is 1.03 bits per heavy atom. The monoisotopic (exact) mass is 452 g/mol. The summed E-state index contributed by atoms with van der Waals surface area (Å²) in [5, 5.41) is 10.4. The molecule has 0 aromatic heterocycles. The molecule has 2 aromatic rings. The second kappa shape index (κ2) is 8.46. The van der Waals surface area contributed by atoms with Crippen LogP contribution < -0.4 is 0 Å². The van der Waals surface area contributed by atoms with Gasteiger partial charge in [-0.2, -0.15) is 0 Å². The van der Waals surface area contributed by atoms with E-state index in [2.05, 4.69) is 91.9 Å². The molecule has 0 fully saturated rings. The Labute approximate surface area is 195 Å². The minimum Gasteiger partial charge on any atom is -0.478 e. The van der Waals surface area contributed by atoms with Crippen LogP contribution in [0, 0.1) is 0 Å². The van der Waals surface area contributed by atoms with Crippen molar-refractivity contribution < 1.29 is 14.3 Å². The van der Waals surface area contributed by atoms with Crippen molar-refractivity contribution in [3.63, 3.8) is 0 Å². The van der Waals surface area contributed by atoms with E-state index in [-0.39, 0.29) is 16.2 Å². The number of benzene rings is 2. The first kappa shape index (κ1) is 24.7. The molecule has 174 valence electrons. The fourth-order valence-corrected chi connectivity index (χ4v) is 5.41. The van der Waals surface area contributed by atoms with Crippen LogP contribution in [0.3, 0.4) is 0 Å². The van der Waals surface area contributed by atoms with E-state index in [4.69, 9.17) is 4.43 Å². The van der Waals surface area contributed by atoms with Crippen LogP contribution in [0.2, 0.25) is 13.1 Å². The van der Waals surface area contributed by atoms with E-state index >= 15 is 0 Å². The molecular formula is C28H40O3Si. The molecular weight excluding hydrogens is 412 g/mol. The largest absolute Gasteiger partial charge is 0.478 e. The molecule has 3 rings (SSSR count). The van der Waals surface area contributed by atoms with E-state index in [0.29, 0.717) is 12.2 Å². The highest BCUT2D eigenvalue weighted by atomic mass is 28.3. The molecule has 0 saturated carbocycles. The number of hydrogen-bond acceptors (Lipinski definition) is 2. The number of carboxylic acid groups (broad SMARTS) is 1. The van der Waals surface area contributed by atoms with Crippen molar-refractivity contribution in [3.8, 4) is 11.1 Å². The maximum atomic E-state index is 12.7. The van der Waals surface area contributed by atoms with Gasteiger partial charge in [-0.1, -0.05) is 78.8 Å². The topological polar surface area (TPSA) is 46.5 Å². The zero-order valence-electron chi connectivity index (χ0n) is 21.3. The Kier molecular flexibility index (Phi) is 6.53. The minimum absolute atomic E-state index is 0.00794. The lowest BCUT2D eigenvalue weighted by atomic mass is 9.60. The highest BCUT2D eigenvalue weighted by Gasteiger charge is 2.41. The average molecular weight is 453 g/mol. The lowest BCUT2D eigenvalue weighted by Crippen LogP contribution is -2.35. The predicted molar refractivity (Wildman–Crippen MR) is 136 cm³/mol. The average Bonchev–Trinajstić information content (AvgIpc) is 2.68. The first-order valence-corrected chi connectivity index (χ1v) is 14.6. The number of carbonyl (C=O) groups is 1. The van der Waals surface area contributed by atoms with E-state index in [1.54, 1.807) is 0 Å². The van der Waals surface area contributed by atoms with Crippen molar-refractivity contribution in [3.05, 3.63) is 58.1 Å². The molecule has 32 heavy (non-hydrogen) atoms. The zero-order chi connectivity index (χ0) is 24.1. The molecule has 0 bridgehead atoms. The third-order valence-electron chi connectivity index (χ3n) is 7.02. The number of hydrogen-bond donors (Lipinski definition) is 1. The van der Waals surface area contributed by atoms with E-state index in [9.17, 15) is 9.90 Å². The lowest BCUT2D eigenvalue weighted by Gasteiger charge is -2.44. The summed E-state index contributed by atoms with van der Waals surface area (Å²) in [5.41, 5.74) is 6.75. The molecule has 0 radical (unpaired) electrons. The van der Waals surface area contributed by atoms with Crippen molar-refractivity contribution in [2.75, 3.05) is 0 Å². The summed E-state index contributed by atoms with van der Waals surface area (Å²) in [4.78, 5) is 12.7. The lowest BCUT2D eigenvalue weighted by molar-refractivity contribution is 0.0694. The Hall–Kier alpha value is -1.91. The quantitative estimate of drug-likeness (QED) is 0.488. The highest BCUT2D eigenvalue weighted by molar-refractivity contribution is 6.48. The Morgan fingerprint density at radius 2 is 1.59 bits per heavy atom. The van der Waals surface area contributed by atoms with Gasteiger partial charge < -0.3 is 9.53 Å². The van der Waals surface area contributed by atoms with E-state index in [1.165, 1.54) is 16.7 Å². The van der Waals surface area contributed by atoms with Gasteiger partial charge in [-0.05, 0) is 70.0 Å². The molecule has 1 aliphatic rings. The predicted octanol–water partition coefficient (Wildman–Crippen LogP) is 7.20. The summed E-state index contributed by atoms with van der Waals surface area (Å²) in [5.74, 6) is -0.870. The molecule has 0 saturated heterocycles. The van der Waals surface area contributed by atoms with Gasteiger partial charge in [-0.3, -0.25) is 0 Å². The van der Waals surface area contributed by atoms with Crippen molar-refractivity contribution in [2.24, 2.45) is 0 Å². The van der Waals surface area contributed by atoms with Crippen LogP contribution in [0.5, 0.6) is 0 Å². The standard InChI is InChI=1S/C28H40O3Si/c1-26(2,3)20-12-10-18(11-13-20)22-23(25(29)30)19(17-31-32(8)9)16-21-24(22)28(6,7)15-14-27(21,4)5/h10-13,16,32H,14-15,17H2,1-9H3,(H,29,30). The summed E-state index contributed by atoms with van der Waals surface area (Å²) in [6.07, 6.45) is 2.12. The normalized spacial score (nSPS) is 17.3. The van der Waals surface area contributed by atoms with Crippen LogP contribution in [-0.4, -0.2) is 20.1 Å². The molecule has 0 unspecified atom stereocenters. The van der Waals surface area contributed by atoms with Gasteiger partial charge >= 0.3 is 5.97 Å². The minimum atomic E-state index is -1.29. The molecule has 0 spiro atoms. The SMILES string of the molecule is C[SiH](C)OCc1cc2c(c(-c3ccc(C(C)(C)C)cc3)c1C(=O)O)C(C)(C)CCC2(C)C. The first-order valence-electron chi connectivity index (χ1n) is 11.8. The Balaban J connectivity index is 2.39. The number of rotatable bonds is 5. The molecule has 1 aliphatic carbocycles.